The molecule has 3 aromatic heterocycles. The van der Waals surface area contributed by atoms with Crippen LogP contribution in [-0.4, -0.2) is 76.1 Å². The number of fused-ring (bicyclic) bond motifs is 1. The van der Waals surface area contributed by atoms with E-state index in [1.807, 2.05) is 30.7 Å². The Hall–Kier alpha value is -4.06. The number of ether oxygens (including phenoxy) is 1. The summed E-state index contributed by atoms with van der Waals surface area (Å²) in [5, 5.41) is 19.5. The molecule has 1 aromatic carbocycles. The number of pyridine rings is 1. The lowest BCUT2D eigenvalue weighted by Gasteiger charge is -2.26. The van der Waals surface area contributed by atoms with E-state index in [9.17, 15) is 19.5 Å². The van der Waals surface area contributed by atoms with Gasteiger partial charge in [-0.15, -0.1) is 0 Å². The molecule has 41 heavy (non-hydrogen) atoms. The van der Waals surface area contributed by atoms with Gasteiger partial charge in [-0.2, -0.15) is 11.3 Å². The first kappa shape index (κ1) is 28.5. The maximum Gasteiger partial charge on any atom is 0.270 e. The van der Waals surface area contributed by atoms with Gasteiger partial charge in [-0.25, -0.2) is 4.98 Å². The van der Waals surface area contributed by atoms with Gasteiger partial charge in [0.15, 0.2) is 5.65 Å². The topological polar surface area (TPSA) is 125 Å². The zero-order chi connectivity index (χ0) is 28.9. The van der Waals surface area contributed by atoms with E-state index in [1.54, 1.807) is 51.9 Å². The van der Waals surface area contributed by atoms with E-state index >= 15 is 0 Å². The number of hydrogen-bond donors (Lipinski definition) is 3. The Morgan fingerprint density at radius 1 is 1.07 bits per heavy atom. The van der Waals surface area contributed by atoms with Crippen molar-refractivity contribution in [2.24, 2.45) is 5.92 Å². The average molecular weight is 576 g/mol. The number of benzene rings is 1. The molecule has 11 heteroatoms. The van der Waals surface area contributed by atoms with Gasteiger partial charge in [-0.05, 0) is 60.2 Å². The fraction of sp³-hybridized carbons (Fsp3) is 0.333. The van der Waals surface area contributed by atoms with E-state index in [0.717, 1.165) is 5.56 Å². The third-order valence-corrected chi connectivity index (χ3v) is 7.59. The highest BCUT2D eigenvalue weighted by Gasteiger charge is 2.26. The van der Waals surface area contributed by atoms with Crippen LogP contribution < -0.4 is 10.6 Å². The molecule has 0 saturated carbocycles. The molecule has 4 aromatic rings. The minimum absolute atomic E-state index is 0.0723. The Balaban J connectivity index is 1.42. The zero-order valence-electron chi connectivity index (χ0n) is 23.0. The van der Waals surface area contributed by atoms with Gasteiger partial charge < -0.3 is 25.4 Å². The van der Waals surface area contributed by atoms with Crippen molar-refractivity contribution in [2.45, 2.75) is 26.3 Å². The lowest BCUT2D eigenvalue weighted by molar-refractivity contribution is 0.0303. The summed E-state index contributed by atoms with van der Waals surface area (Å²) in [6.45, 7) is 6.03. The third-order valence-electron chi connectivity index (χ3n) is 6.90. The van der Waals surface area contributed by atoms with Crippen LogP contribution in [0.4, 0.5) is 5.69 Å². The Kier molecular flexibility index (Phi) is 8.77. The number of nitrogens with one attached hydrogen (secondary N) is 2. The molecule has 1 fully saturated rings. The van der Waals surface area contributed by atoms with Gasteiger partial charge in [0.1, 0.15) is 11.4 Å². The summed E-state index contributed by atoms with van der Waals surface area (Å²) in [4.78, 5) is 46.2. The lowest BCUT2D eigenvalue weighted by Crippen LogP contribution is -2.40. The largest absolute Gasteiger partial charge is 0.394 e. The fourth-order valence-corrected chi connectivity index (χ4v) is 5.55. The van der Waals surface area contributed by atoms with Gasteiger partial charge in [-0.3, -0.25) is 18.8 Å². The second kappa shape index (κ2) is 12.6. The second-order valence-corrected chi connectivity index (χ2v) is 11.1. The van der Waals surface area contributed by atoms with E-state index in [-0.39, 0.29) is 29.9 Å². The molecule has 0 aliphatic carbocycles. The van der Waals surface area contributed by atoms with E-state index in [2.05, 4.69) is 10.6 Å². The first-order valence-electron chi connectivity index (χ1n) is 13.6. The highest BCUT2D eigenvalue weighted by Crippen LogP contribution is 2.28. The van der Waals surface area contributed by atoms with Crippen LogP contribution >= 0.6 is 11.3 Å². The van der Waals surface area contributed by atoms with Crippen LogP contribution in [0, 0.1) is 5.92 Å². The SMILES string of the molecule is CC(C)C[C@@H](CO)NC(=O)c1c(-c2ccsc2)nc2c(C(=O)Nc3ccc(C(=O)N4CCOCC4)cc3)cccn12. The number of anilines is 1. The van der Waals surface area contributed by atoms with Crippen molar-refractivity contribution in [3.63, 3.8) is 0 Å². The summed E-state index contributed by atoms with van der Waals surface area (Å²) in [5.74, 6) is -0.564. The minimum Gasteiger partial charge on any atom is -0.394 e. The predicted molar refractivity (Wildman–Crippen MR) is 157 cm³/mol. The van der Waals surface area contributed by atoms with E-state index in [1.165, 1.54) is 11.3 Å². The summed E-state index contributed by atoms with van der Waals surface area (Å²) in [5.41, 5.74) is 3.20. The van der Waals surface area contributed by atoms with E-state index in [4.69, 9.17) is 9.72 Å². The van der Waals surface area contributed by atoms with Crippen LogP contribution in [0.1, 0.15) is 51.5 Å². The summed E-state index contributed by atoms with van der Waals surface area (Å²) >= 11 is 1.48. The Morgan fingerprint density at radius 2 is 1.83 bits per heavy atom. The van der Waals surface area contributed by atoms with Gasteiger partial charge in [0.05, 0.1) is 31.4 Å². The molecule has 0 unspecified atom stereocenters. The van der Waals surface area contributed by atoms with Crippen LogP contribution in [-0.2, 0) is 4.74 Å². The lowest BCUT2D eigenvalue weighted by atomic mass is 10.0. The van der Waals surface area contributed by atoms with Crippen LogP contribution in [0.5, 0.6) is 0 Å². The van der Waals surface area contributed by atoms with Crippen molar-refractivity contribution in [2.75, 3.05) is 38.2 Å². The molecule has 5 rings (SSSR count). The molecular formula is C30H33N5O5S. The van der Waals surface area contributed by atoms with Crippen molar-refractivity contribution in [1.82, 2.24) is 19.6 Å². The molecule has 4 heterocycles. The maximum atomic E-state index is 13.5. The zero-order valence-corrected chi connectivity index (χ0v) is 23.8. The van der Waals surface area contributed by atoms with Gasteiger partial charge in [0.25, 0.3) is 17.7 Å². The second-order valence-electron chi connectivity index (χ2n) is 10.4. The molecule has 10 nitrogen and oxygen atoms in total. The van der Waals surface area contributed by atoms with E-state index < -0.39 is 11.9 Å². The number of imidazole rings is 1. The van der Waals surface area contributed by atoms with Gasteiger partial charge >= 0.3 is 0 Å². The molecule has 1 aliphatic rings. The highest BCUT2D eigenvalue weighted by atomic mass is 32.1. The number of carbonyl (C=O) groups excluding carboxylic acids is 3. The van der Waals surface area contributed by atoms with Crippen molar-refractivity contribution in [3.05, 3.63) is 76.2 Å². The summed E-state index contributed by atoms with van der Waals surface area (Å²) in [7, 11) is 0. The Bertz CT molecular complexity index is 1520. The highest BCUT2D eigenvalue weighted by molar-refractivity contribution is 7.08. The molecule has 1 atom stereocenters. The first-order chi connectivity index (χ1) is 19.9. The fourth-order valence-electron chi connectivity index (χ4n) is 4.91. The number of aromatic nitrogens is 2. The Morgan fingerprint density at radius 3 is 2.49 bits per heavy atom. The van der Waals surface area contributed by atoms with Crippen LogP contribution in [0.3, 0.4) is 0 Å². The number of nitrogens with zero attached hydrogens (tertiary/aromatic N) is 3. The average Bonchev–Trinajstić information content (AvgIpc) is 3.65. The van der Waals surface area contributed by atoms with Crippen molar-refractivity contribution < 1.29 is 24.2 Å². The van der Waals surface area contributed by atoms with Gasteiger partial charge in [0, 0.05) is 41.5 Å². The summed E-state index contributed by atoms with van der Waals surface area (Å²) in [6, 6.07) is 11.6. The van der Waals surface area contributed by atoms with Gasteiger partial charge in [-0.1, -0.05) is 13.8 Å². The number of rotatable bonds is 9. The van der Waals surface area contributed by atoms with Crippen molar-refractivity contribution >= 4 is 40.4 Å². The number of amides is 3. The molecule has 0 bridgehead atoms. The van der Waals surface area contributed by atoms with Crippen LogP contribution in [0.15, 0.2) is 59.4 Å². The van der Waals surface area contributed by atoms with Gasteiger partial charge in [0.2, 0.25) is 0 Å². The molecule has 3 N–H and O–H groups in total. The molecule has 0 spiro atoms. The third kappa shape index (κ3) is 6.32. The van der Waals surface area contributed by atoms with Crippen LogP contribution in [0.2, 0.25) is 0 Å². The number of aliphatic hydroxyl groups is 1. The number of thiophene rings is 1. The predicted octanol–water partition coefficient (Wildman–Crippen LogP) is 3.92. The number of carbonyl (C=O) groups is 3. The van der Waals surface area contributed by atoms with Crippen molar-refractivity contribution in [3.8, 4) is 11.3 Å². The normalized spacial score (nSPS) is 14.3. The standard InChI is InChI=1S/C30H33N5O5S/c1-19(2)16-23(17-36)32-29(38)26-25(21-9-15-41-18-21)33-27-24(4-3-10-35(26)27)28(37)31-22-7-5-20(6-8-22)30(39)34-11-13-40-14-12-34/h3-10,15,18-19,23,36H,11-14,16-17H2,1-2H3,(H,31,37)(H,32,38)/t23-/m0/s1. The monoisotopic (exact) mass is 575 g/mol. The molecule has 0 radical (unpaired) electrons. The molecular weight excluding hydrogens is 542 g/mol. The van der Waals surface area contributed by atoms with E-state index in [0.29, 0.717) is 61.0 Å². The Labute approximate surface area is 242 Å². The quantitative estimate of drug-likeness (QED) is 0.278. The molecule has 214 valence electrons. The number of aliphatic hydroxyl groups excluding tert-OH is 1. The maximum absolute atomic E-state index is 13.5. The molecule has 1 saturated heterocycles. The molecule has 3 amide bonds. The first-order valence-corrected chi connectivity index (χ1v) is 14.5. The van der Waals surface area contributed by atoms with Crippen LogP contribution in [0.25, 0.3) is 16.9 Å². The smallest absolute Gasteiger partial charge is 0.270 e. The summed E-state index contributed by atoms with van der Waals surface area (Å²) < 4.78 is 6.94. The molecule has 1 aliphatic heterocycles. The number of morpholine rings is 1. The van der Waals surface area contributed by atoms with Crippen molar-refractivity contribution in [1.29, 1.82) is 0 Å². The summed E-state index contributed by atoms with van der Waals surface area (Å²) in [6.07, 6.45) is 2.32. The number of hydrogen-bond acceptors (Lipinski definition) is 7. The minimum atomic E-state index is -0.409.